The highest BCUT2D eigenvalue weighted by Gasteiger charge is 2.22. The highest BCUT2D eigenvalue weighted by Crippen LogP contribution is 2.31. The molecule has 0 radical (unpaired) electrons. The average Bonchev–Trinajstić information content (AvgIpc) is 2.88. The van der Waals surface area contributed by atoms with E-state index in [1.807, 2.05) is 32.2 Å². The molecule has 0 spiro atoms. The second-order valence-electron chi connectivity index (χ2n) is 5.25. The lowest BCUT2D eigenvalue weighted by atomic mass is 9.94. The number of anilines is 1. The third kappa shape index (κ3) is 2.02. The molecule has 0 bridgehead atoms. The average molecular weight is 270 g/mol. The zero-order valence-corrected chi connectivity index (χ0v) is 11.7. The Morgan fingerprint density at radius 1 is 1.30 bits per heavy atom. The van der Waals surface area contributed by atoms with Crippen LogP contribution in [0.2, 0.25) is 0 Å². The number of rotatable bonds is 2. The van der Waals surface area contributed by atoms with Crippen molar-refractivity contribution >= 4 is 11.6 Å². The molecule has 20 heavy (non-hydrogen) atoms. The Labute approximate surface area is 118 Å². The van der Waals surface area contributed by atoms with Gasteiger partial charge in [0.25, 0.3) is 0 Å². The molecule has 4 nitrogen and oxygen atoms in total. The molecule has 2 heterocycles. The topological polar surface area (TPSA) is 59.5 Å². The summed E-state index contributed by atoms with van der Waals surface area (Å²) in [6.45, 7) is 1.92. The molecule has 1 aliphatic rings. The summed E-state index contributed by atoms with van der Waals surface area (Å²) in [5.41, 5.74) is 10.5. The number of carbonyl (C=O) groups is 1. The summed E-state index contributed by atoms with van der Waals surface area (Å²) in [6.07, 6.45) is 3.01. The van der Waals surface area contributed by atoms with Crippen molar-refractivity contribution in [1.29, 1.82) is 0 Å². The van der Waals surface area contributed by atoms with E-state index in [0.717, 1.165) is 29.0 Å². The fourth-order valence-electron chi connectivity index (χ4n) is 2.77. The minimum atomic E-state index is -0.193. The van der Waals surface area contributed by atoms with E-state index in [0.29, 0.717) is 6.42 Å². The van der Waals surface area contributed by atoms with E-state index in [4.69, 9.17) is 10.2 Å². The molecule has 0 aliphatic carbocycles. The molecule has 0 saturated carbocycles. The molecule has 3 rings (SSSR count). The maximum atomic E-state index is 11.7. The van der Waals surface area contributed by atoms with Crippen molar-refractivity contribution in [3.8, 4) is 0 Å². The van der Waals surface area contributed by atoms with Gasteiger partial charge in [0.2, 0.25) is 5.91 Å². The van der Waals surface area contributed by atoms with Crippen LogP contribution in [0, 0.1) is 6.92 Å². The van der Waals surface area contributed by atoms with Gasteiger partial charge in [0.15, 0.2) is 0 Å². The number of hydrogen-bond acceptors (Lipinski definition) is 3. The van der Waals surface area contributed by atoms with E-state index in [2.05, 4.69) is 6.07 Å². The number of amides is 1. The number of nitrogens with two attached hydrogens (primary N) is 1. The number of fused-ring (bicyclic) bond motifs is 1. The summed E-state index contributed by atoms with van der Waals surface area (Å²) in [5, 5.41) is 0. The Hall–Kier alpha value is -2.07. The molecule has 1 amide bonds. The van der Waals surface area contributed by atoms with Gasteiger partial charge in [-0.3, -0.25) is 4.79 Å². The van der Waals surface area contributed by atoms with Gasteiger partial charge >= 0.3 is 0 Å². The van der Waals surface area contributed by atoms with E-state index in [1.165, 1.54) is 5.56 Å². The van der Waals surface area contributed by atoms with Crippen molar-refractivity contribution in [2.75, 3.05) is 11.9 Å². The van der Waals surface area contributed by atoms with E-state index < -0.39 is 0 Å². The molecule has 4 heteroatoms. The molecule has 0 saturated heterocycles. The van der Waals surface area contributed by atoms with E-state index >= 15 is 0 Å². The van der Waals surface area contributed by atoms with Gasteiger partial charge in [-0.25, -0.2) is 0 Å². The molecule has 2 N–H and O–H groups in total. The number of nitrogens with zero attached hydrogens (tertiary/aromatic N) is 1. The molecule has 1 aromatic heterocycles. The van der Waals surface area contributed by atoms with Gasteiger partial charge < -0.3 is 15.1 Å². The number of furan rings is 1. The molecule has 1 aromatic carbocycles. The number of hydrogen-bond donors (Lipinski definition) is 1. The highest BCUT2D eigenvalue weighted by molar-refractivity contribution is 5.95. The lowest BCUT2D eigenvalue weighted by molar-refractivity contribution is -0.118. The highest BCUT2D eigenvalue weighted by atomic mass is 16.3. The number of benzene rings is 1. The zero-order valence-electron chi connectivity index (χ0n) is 11.7. The maximum Gasteiger partial charge on any atom is 0.227 e. The minimum Gasteiger partial charge on any atom is -0.469 e. The van der Waals surface area contributed by atoms with Crippen molar-refractivity contribution in [3.05, 3.63) is 53.0 Å². The van der Waals surface area contributed by atoms with Gasteiger partial charge in [-0.2, -0.15) is 0 Å². The van der Waals surface area contributed by atoms with Crippen molar-refractivity contribution < 1.29 is 9.21 Å². The second kappa shape index (κ2) is 4.80. The predicted molar refractivity (Wildman–Crippen MR) is 77.6 cm³/mol. The van der Waals surface area contributed by atoms with Crippen LogP contribution < -0.4 is 10.6 Å². The Morgan fingerprint density at radius 2 is 2.10 bits per heavy atom. The third-order valence-corrected chi connectivity index (χ3v) is 4.04. The summed E-state index contributed by atoms with van der Waals surface area (Å²) < 4.78 is 5.32. The smallest absolute Gasteiger partial charge is 0.227 e. The van der Waals surface area contributed by atoms with Crippen LogP contribution in [-0.2, 0) is 11.2 Å². The van der Waals surface area contributed by atoms with Gasteiger partial charge in [0.1, 0.15) is 5.76 Å². The lowest BCUT2D eigenvalue weighted by Gasteiger charge is -2.26. The molecule has 1 atom stereocenters. The van der Waals surface area contributed by atoms with Gasteiger partial charge in [0.05, 0.1) is 12.3 Å². The Kier molecular flexibility index (Phi) is 3.10. The molecular formula is C16H18N2O2. The zero-order chi connectivity index (χ0) is 14.3. The standard InChI is InChI=1S/C16H18N2O2/c1-10-13(7-8-20-10)16(17)12-3-5-14-11(9-12)4-6-15(19)18(14)2/h3,5,7-9,16H,4,6,17H2,1-2H3. The van der Waals surface area contributed by atoms with Gasteiger partial charge in [0, 0.05) is 24.7 Å². The fraction of sp³-hybridized carbons (Fsp3) is 0.312. The van der Waals surface area contributed by atoms with Crippen molar-refractivity contribution in [2.45, 2.75) is 25.8 Å². The fourth-order valence-corrected chi connectivity index (χ4v) is 2.77. The maximum absolute atomic E-state index is 11.7. The molecule has 1 aliphatic heterocycles. The first kappa shape index (κ1) is 12.9. The van der Waals surface area contributed by atoms with Crippen LogP contribution in [0.3, 0.4) is 0 Å². The molecular weight excluding hydrogens is 252 g/mol. The van der Waals surface area contributed by atoms with E-state index in [1.54, 1.807) is 11.2 Å². The van der Waals surface area contributed by atoms with Crippen molar-refractivity contribution in [1.82, 2.24) is 0 Å². The van der Waals surface area contributed by atoms with Gasteiger partial charge in [-0.1, -0.05) is 12.1 Å². The lowest BCUT2D eigenvalue weighted by Crippen LogP contribution is -2.31. The van der Waals surface area contributed by atoms with Crippen LogP contribution in [0.25, 0.3) is 0 Å². The number of carbonyl (C=O) groups excluding carboxylic acids is 1. The van der Waals surface area contributed by atoms with Crippen LogP contribution in [0.15, 0.2) is 34.9 Å². The van der Waals surface area contributed by atoms with E-state index in [9.17, 15) is 4.79 Å². The predicted octanol–water partition coefficient (Wildman–Crippen LogP) is 2.55. The normalized spacial score (nSPS) is 16.1. The van der Waals surface area contributed by atoms with Gasteiger partial charge in [-0.15, -0.1) is 0 Å². The minimum absolute atomic E-state index is 0.167. The Bertz CT molecular complexity index is 660. The summed E-state index contributed by atoms with van der Waals surface area (Å²) >= 11 is 0. The van der Waals surface area contributed by atoms with Crippen molar-refractivity contribution in [2.24, 2.45) is 5.73 Å². The molecule has 104 valence electrons. The quantitative estimate of drug-likeness (QED) is 0.912. The Balaban J connectivity index is 1.97. The summed E-state index contributed by atoms with van der Waals surface area (Å²) in [5.74, 6) is 1.02. The number of aryl methyl sites for hydroxylation is 2. The first-order chi connectivity index (χ1) is 9.58. The van der Waals surface area contributed by atoms with Crippen LogP contribution in [0.1, 0.15) is 34.9 Å². The second-order valence-corrected chi connectivity index (χ2v) is 5.25. The third-order valence-electron chi connectivity index (χ3n) is 4.04. The monoisotopic (exact) mass is 270 g/mol. The van der Waals surface area contributed by atoms with E-state index in [-0.39, 0.29) is 11.9 Å². The first-order valence-electron chi connectivity index (χ1n) is 6.77. The Morgan fingerprint density at radius 3 is 2.80 bits per heavy atom. The molecule has 2 aromatic rings. The van der Waals surface area contributed by atoms with Gasteiger partial charge in [-0.05, 0) is 36.6 Å². The first-order valence-corrected chi connectivity index (χ1v) is 6.77. The van der Waals surface area contributed by atoms with Crippen LogP contribution >= 0.6 is 0 Å². The summed E-state index contributed by atoms with van der Waals surface area (Å²) in [4.78, 5) is 13.4. The molecule has 1 unspecified atom stereocenters. The summed E-state index contributed by atoms with van der Waals surface area (Å²) in [6, 6.07) is 7.80. The van der Waals surface area contributed by atoms with Crippen LogP contribution in [0.5, 0.6) is 0 Å². The SMILES string of the molecule is Cc1occc1C(N)c1ccc2c(c1)CCC(=O)N2C. The largest absolute Gasteiger partial charge is 0.469 e. The van der Waals surface area contributed by atoms with Crippen molar-refractivity contribution in [3.63, 3.8) is 0 Å². The summed E-state index contributed by atoms with van der Waals surface area (Å²) in [7, 11) is 1.82. The molecule has 0 fully saturated rings. The van der Waals surface area contributed by atoms with Crippen LogP contribution in [0.4, 0.5) is 5.69 Å². The van der Waals surface area contributed by atoms with Crippen LogP contribution in [-0.4, -0.2) is 13.0 Å².